The van der Waals surface area contributed by atoms with Crippen LogP contribution in [0.5, 0.6) is 0 Å². The number of rotatable bonds is 6. The standard InChI is InChI=1S/C52H33NOS/c1-3-11-34(12-4-1)37-19-20-39-32-42(27-23-38(39)31-37)53(41-25-21-35(22-26-41)40-24-28-45-44-15-7-9-17-48(44)54-49(45)33-40)47-30-29-43(36-13-5-2-6-14-36)51-46-16-8-10-18-50(46)55-52(47)51/h1-33H. The van der Waals surface area contributed by atoms with Crippen LogP contribution in [0, 0.1) is 0 Å². The van der Waals surface area contributed by atoms with E-state index < -0.39 is 0 Å². The molecule has 0 bridgehead atoms. The molecule has 0 aliphatic carbocycles. The molecule has 2 aromatic heterocycles. The van der Waals surface area contributed by atoms with E-state index in [-0.39, 0.29) is 0 Å². The lowest BCUT2D eigenvalue weighted by atomic mass is 9.97. The van der Waals surface area contributed by atoms with Gasteiger partial charge >= 0.3 is 0 Å². The van der Waals surface area contributed by atoms with Gasteiger partial charge in [-0.25, -0.2) is 0 Å². The van der Waals surface area contributed by atoms with Gasteiger partial charge in [0.25, 0.3) is 0 Å². The summed E-state index contributed by atoms with van der Waals surface area (Å²) in [6, 6.07) is 72.2. The first-order chi connectivity index (χ1) is 27.2. The molecule has 0 saturated carbocycles. The minimum Gasteiger partial charge on any atom is -0.456 e. The van der Waals surface area contributed by atoms with Gasteiger partial charge in [0.05, 0.1) is 10.4 Å². The predicted octanol–water partition coefficient (Wildman–Crippen LogP) is 15.6. The summed E-state index contributed by atoms with van der Waals surface area (Å²) < 4.78 is 8.81. The molecular formula is C52H33NOS. The van der Waals surface area contributed by atoms with Crippen LogP contribution in [-0.4, -0.2) is 0 Å². The SMILES string of the molecule is c1ccc(-c2ccc3cc(N(c4ccc(-c5ccc6c(c5)oc5ccccc56)cc4)c4ccc(-c5ccccc5)c5c4sc4ccccc45)ccc3c2)cc1. The Morgan fingerprint density at radius 1 is 0.382 bits per heavy atom. The number of benzene rings is 9. The van der Waals surface area contributed by atoms with E-state index >= 15 is 0 Å². The first-order valence-corrected chi connectivity index (χ1v) is 19.5. The van der Waals surface area contributed by atoms with Gasteiger partial charge in [-0.2, -0.15) is 0 Å². The lowest BCUT2D eigenvalue weighted by Crippen LogP contribution is -2.10. The topological polar surface area (TPSA) is 16.4 Å². The van der Waals surface area contributed by atoms with E-state index in [2.05, 4.69) is 193 Å². The summed E-state index contributed by atoms with van der Waals surface area (Å²) >= 11 is 1.87. The predicted molar refractivity (Wildman–Crippen MR) is 235 cm³/mol. The summed E-state index contributed by atoms with van der Waals surface area (Å²) in [6.07, 6.45) is 0. The Morgan fingerprint density at radius 3 is 1.82 bits per heavy atom. The van der Waals surface area contributed by atoms with E-state index in [1.54, 1.807) is 0 Å². The van der Waals surface area contributed by atoms with E-state index in [1.807, 2.05) is 23.5 Å². The molecule has 3 heteroatoms. The summed E-state index contributed by atoms with van der Waals surface area (Å²) in [6.45, 7) is 0. The average Bonchev–Trinajstić information content (AvgIpc) is 3.83. The Hall–Kier alpha value is -6.94. The quantitative estimate of drug-likeness (QED) is 0.170. The second kappa shape index (κ2) is 12.9. The van der Waals surface area contributed by atoms with E-state index in [9.17, 15) is 0 Å². The third-order valence-corrected chi connectivity index (χ3v) is 12.1. The fraction of sp³-hybridized carbons (Fsp3) is 0. The third-order valence-electron chi connectivity index (χ3n) is 10.9. The van der Waals surface area contributed by atoms with Gasteiger partial charge in [-0.05, 0) is 105 Å². The molecule has 0 fully saturated rings. The molecule has 0 aliphatic heterocycles. The molecule has 258 valence electrons. The Kier molecular flexibility index (Phi) is 7.39. The number of hydrogen-bond donors (Lipinski definition) is 0. The van der Waals surface area contributed by atoms with Crippen LogP contribution in [0.4, 0.5) is 17.1 Å². The smallest absolute Gasteiger partial charge is 0.136 e. The van der Waals surface area contributed by atoms with Crippen molar-refractivity contribution in [2.75, 3.05) is 4.90 Å². The molecule has 0 saturated heterocycles. The summed E-state index contributed by atoms with van der Waals surface area (Å²) in [4.78, 5) is 2.43. The van der Waals surface area contributed by atoms with Crippen molar-refractivity contribution in [1.29, 1.82) is 0 Å². The summed E-state index contributed by atoms with van der Waals surface area (Å²) in [5, 5.41) is 7.28. The molecule has 0 amide bonds. The molecule has 0 radical (unpaired) electrons. The van der Waals surface area contributed by atoms with Crippen molar-refractivity contribution in [3.63, 3.8) is 0 Å². The molecule has 11 rings (SSSR count). The Bertz CT molecular complexity index is 3190. The maximum Gasteiger partial charge on any atom is 0.136 e. The van der Waals surface area contributed by atoms with Gasteiger partial charge in [-0.3, -0.25) is 0 Å². The highest BCUT2D eigenvalue weighted by Crippen LogP contribution is 2.49. The molecule has 2 nitrogen and oxygen atoms in total. The molecule has 11 aromatic rings. The highest BCUT2D eigenvalue weighted by atomic mass is 32.1. The zero-order valence-corrected chi connectivity index (χ0v) is 30.6. The molecule has 2 heterocycles. The highest BCUT2D eigenvalue weighted by Gasteiger charge is 2.21. The average molecular weight is 720 g/mol. The molecule has 0 aliphatic rings. The monoisotopic (exact) mass is 719 g/mol. The van der Waals surface area contributed by atoms with Gasteiger partial charge in [0.1, 0.15) is 11.2 Å². The van der Waals surface area contributed by atoms with Gasteiger partial charge in [0.2, 0.25) is 0 Å². The van der Waals surface area contributed by atoms with Crippen molar-refractivity contribution in [2.24, 2.45) is 0 Å². The van der Waals surface area contributed by atoms with E-state index in [4.69, 9.17) is 4.42 Å². The van der Waals surface area contributed by atoms with Crippen molar-refractivity contribution in [3.8, 4) is 33.4 Å². The van der Waals surface area contributed by atoms with Crippen LogP contribution in [-0.2, 0) is 0 Å². The fourth-order valence-corrected chi connectivity index (χ4v) is 9.40. The van der Waals surface area contributed by atoms with Crippen LogP contribution in [0.15, 0.2) is 205 Å². The van der Waals surface area contributed by atoms with Crippen LogP contribution >= 0.6 is 11.3 Å². The molecule has 0 atom stereocenters. The zero-order valence-electron chi connectivity index (χ0n) is 29.8. The van der Waals surface area contributed by atoms with Crippen molar-refractivity contribution < 1.29 is 4.42 Å². The molecule has 0 unspecified atom stereocenters. The number of nitrogens with zero attached hydrogens (tertiary/aromatic N) is 1. The van der Waals surface area contributed by atoms with Gasteiger partial charge in [-0.15, -0.1) is 11.3 Å². The number of fused-ring (bicyclic) bond motifs is 7. The Labute approximate surface area is 322 Å². The van der Waals surface area contributed by atoms with Crippen LogP contribution in [0.1, 0.15) is 0 Å². The minimum atomic E-state index is 0.904. The minimum absolute atomic E-state index is 0.904. The Morgan fingerprint density at radius 2 is 0.982 bits per heavy atom. The van der Waals surface area contributed by atoms with Crippen molar-refractivity contribution >= 4 is 81.3 Å². The van der Waals surface area contributed by atoms with Gasteiger partial charge < -0.3 is 9.32 Å². The summed E-state index contributed by atoms with van der Waals surface area (Å²) in [5.41, 5.74) is 12.4. The number of furan rings is 1. The maximum atomic E-state index is 6.26. The first kappa shape index (κ1) is 31.6. The lowest BCUT2D eigenvalue weighted by molar-refractivity contribution is 0.669. The Balaban J connectivity index is 1.08. The molecular weight excluding hydrogens is 687 g/mol. The number of thiophene rings is 1. The lowest BCUT2D eigenvalue weighted by Gasteiger charge is -2.27. The van der Waals surface area contributed by atoms with E-state index in [0.717, 1.165) is 50.1 Å². The van der Waals surface area contributed by atoms with E-state index in [0.29, 0.717) is 0 Å². The van der Waals surface area contributed by atoms with Crippen molar-refractivity contribution in [1.82, 2.24) is 0 Å². The summed E-state index contributed by atoms with van der Waals surface area (Å²) in [7, 11) is 0. The van der Waals surface area contributed by atoms with E-state index in [1.165, 1.54) is 53.2 Å². The largest absolute Gasteiger partial charge is 0.456 e. The normalized spacial score (nSPS) is 11.6. The molecule has 9 aromatic carbocycles. The highest BCUT2D eigenvalue weighted by molar-refractivity contribution is 7.26. The molecule has 0 spiro atoms. The number of para-hydroxylation sites is 1. The second-order valence-electron chi connectivity index (χ2n) is 14.1. The number of anilines is 3. The maximum absolute atomic E-state index is 6.26. The van der Waals surface area contributed by atoms with Crippen LogP contribution in [0.25, 0.3) is 86.3 Å². The van der Waals surface area contributed by atoms with Crippen molar-refractivity contribution in [2.45, 2.75) is 0 Å². The second-order valence-corrected chi connectivity index (χ2v) is 15.2. The summed E-state index contributed by atoms with van der Waals surface area (Å²) in [5.74, 6) is 0. The van der Waals surface area contributed by atoms with Crippen molar-refractivity contribution in [3.05, 3.63) is 200 Å². The van der Waals surface area contributed by atoms with Crippen LogP contribution < -0.4 is 4.90 Å². The molecule has 55 heavy (non-hydrogen) atoms. The zero-order chi connectivity index (χ0) is 36.3. The third kappa shape index (κ3) is 5.40. The first-order valence-electron chi connectivity index (χ1n) is 18.7. The van der Waals surface area contributed by atoms with Gasteiger partial charge in [-0.1, -0.05) is 140 Å². The van der Waals surface area contributed by atoms with Gasteiger partial charge in [0, 0.05) is 37.6 Å². The van der Waals surface area contributed by atoms with Gasteiger partial charge in [0.15, 0.2) is 0 Å². The van der Waals surface area contributed by atoms with Crippen LogP contribution in [0.2, 0.25) is 0 Å². The van der Waals surface area contributed by atoms with Crippen LogP contribution in [0.3, 0.4) is 0 Å². The number of hydrogen-bond acceptors (Lipinski definition) is 3. The fourth-order valence-electron chi connectivity index (χ4n) is 8.17. The molecule has 0 N–H and O–H groups in total.